The zero-order valence-electron chi connectivity index (χ0n) is 10.4. The predicted octanol–water partition coefficient (Wildman–Crippen LogP) is 3.04. The zero-order chi connectivity index (χ0) is 12.5. The summed E-state index contributed by atoms with van der Waals surface area (Å²) in [5.74, 6) is 0. The molecule has 0 aliphatic carbocycles. The number of fused-ring (bicyclic) bond motifs is 1. The molecule has 1 unspecified atom stereocenters. The molecule has 2 heterocycles. The number of aromatic nitrogens is 2. The number of nitrogens with one attached hydrogen (secondary N) is 1. The predicted molar refractivity (Wildman–Crippen MR) is 74.1 cm³/mol. The van der Waals surface area contributed by atoms with Crippen LogP contribution in [0, 0.1) is 0 Å². The summed E-state index contributed by atoms with van der Waals surface area (Å²) in [7, 11) is 1.94. The van der Waals surface area contributed by atoms with Gasteiger partial charge >= 0.3 is 0 Å². The maximum absolute atomic E-state index is 6.15. The maximum Gasteiger partial charge on any atom is 0.0818 e. The Hall–Kier alpha value is -1.48. The molecule has 0 saturated heterocycles. The highest BCUT2D eigenvalue weighted by Crippen LogP contribution is 2.27. The summed E-state index contributed by atoms with van der Waals surface area (Å²) in [5.41, 5.74) is 3.77. The number of hydrogen-bond acceptors (Lipinski definition) is 2. The van der Waals surface area contributed by atoms with Crippen LogP contribution < -0.4 is 5.32 Å². The van der Waals surface area contributed by atoms with E-state index in [2.05, 4.69) is 34.7 Å². The molecule has 1 aromatic heterocycles. The van der Waals surface area contributed by atoms with Crippen molar-refractivity contribution in [1.82, 2.24) is 9.78 Å². The number of benzene rings is 1. The second kappa shape index (κ2) is 4.65. The Labute approximate surface area is 112 Å². The fourth-order valence-electron chi connectivity index (χ4n) is 2.55. The first-order valence-corrected chi connectivity index (χ1v) is 6.62. The van der Waals surface area contributed by atoms with E-state index in [1.165, 1.54) is 11.3 Å². The van der Waals surface area contributed by atoms with E-state index in [9.17, 15) is 0 Å². The minimum absolute atomic E-state index is 0.438. The molecule has 1 atom stereocenters. The number of aryl methyl sites for hydroxylation is 2. The van der Waals surface area contributed by atoms with Crippen molar-refractivity contribution < 1.29 is 0 Å². The van der Waals surface area contributed by atoms with Crippen LogP contribution in [0.15, 0.2) is 30.5 Å². The summed E-state index contributed by atoms with van der Waals surface area (Å²) in [6.07, 6.45) is 4.90. The lowest BCUT2D eigenvalue weighted by molar-refractivity contribution is 0.594. The topological polar surface area (TPSA) is 29.9 Å². The van der Waals surface area contributed by atoms with Crippen LogP contribution in [-0.2, 0) is 19.9 Å². The first-order chi connectivity index (χ1) is 8.74. The van der Waals surface area contributed by atoms with Crippen LogP contribution in [0.4, 0.5) is 5.69 Å². The standard InChI is InChI=1S/C14H16ClN3/c1-18-14(12(15)9-16-18)8-11-7-6-10-4-2-3-5-13(10)17-11/h2-5,9,11,17H,6-8H2,1H3. The first-order valence-electron chi connectivity index (χ1n) is 6.25. The van der Waals surface area contributed by atoms with E-state index < -0.39 is 0 Å². The minimum atomic E-state index is 0.438. The van der Waals surface area contributed by atoms with Gasteiger partial charge in [-0.05, 0) is 24.5 Å². The van der Waals surface area contributed by atoms with Gasteiger partial charge in [0.1, 0.15) is 0 Å². The Balaban J connectivity index is 1.77. The molecule has 4 heteroatoms. The van der Waals surface area contributed by atoms with Gasteiger partial charge in [-0.1, -0.05) is 29.8 Å². The monoisotopic (exact) mass is 261 g/mol. The number of anilines is 1. The Bertz CT molecular complexity index is 542. The van der Waals surface area contributed by atoms with Gasteiger partial charge in [-0.15, -0.1) is 0 Å². The van der Waals surface area contributed by atoms with Gasteiger partial charge in [-0.3, -0.25) is 4.68 Å². The quantitative estimate of drug-likeness (QED) is 0.901. The summed E-state index contributed by atoms with van der Waals surface area (Å²) < 4.78 is 1.87. The second-order valence-electron chi connectivity index (χ2n) is 4.80. The first kappa shape index (κ1) is 11.6. The minimum Gasteiger partial charge on any atom is -0.382 e. The van der Waals surface area contributed by atoms with Gasteiger partial charge in [0, 0.05) is 25.2 Å². The molecular formula is C14H16ClN3. The molecule has 0 spiro atoms. The molecule has 3 nitrogen and oxygen atoms in total. The third-order valence-corrected chi connectivity index (χ3v) is 3.91. The second-order valence-corrected chi connectivity index (χ2v) is 5.21. The van der Waals surface area contributed by atoms with E-state index in [-0.39, 0.29) is 0 Å². The molecule has 0 radical (unpaired) electrons. The molecule has 2 aromatic rings. The summed E-state index contributed by atoms with van der Waals surface area (Å²) in [6, 6.07) is 8.94. The highest BCUT2D eigenvalue weighted by molar-refractivity contribution is 6.31. The fourth-order valence-corrected chi connectivity index (χ4v) is 2.80. The molecule has 94 valence electrons. The highest BCUT2D eigenvalue weighted by Gasteiger charge is 2.19. The van der Waals surface area contributed by atoms with Gasteiger partial charge < -0.3 is 5.32 Å². The van der Waals surface area contributed by atoms with Crippen LogP contribution in [0.2, 0.25) is 5.02 Å². The highest BCUT2D eigenvalue weighted by atomic mass is 35.5. The van der Waals surface area contributed by atoms with Gasteiger partial charge in [0.25, 0.3) is 0 Å². The average molecular weight is 262 g/mol. The third-order valence-electron chi connectivity index (χ3n) is 3.59. The number of halogens is 1. The van der Waals surface area contributed by atoms with Crippen molar-refractivity contribution in [3.8, 4) is 0 Å². The molecule has 18 heavy (non-hydrogen) atoms. The van der Waals surface area contributed by atoms with Gasteiger partial charge in [0.15, 0.2) is 0 Å². The lowest BCUT2D eigenvalue weighted by Crippen LogP contribution is -2.28. The summed E-state index contributed by atoms with van der Waals surface area (Å²) >= 11 is 6.15. The summed E-state index contributed by atoms with van der Waals surface area (Å²) in [5, 5.41) is 8.54. The zero-order valence-corrected chi connectivity index (χ0v) is 11.1. The number of hydrogen-bond donors (Lipinski definition) is 1. The molecule has 0 amide bonds. The Morgan fingerprint density at radius 2 is 2.28 bits per heavy atom. The smallest absolute Gasteiger partial charge is 0.0818 e. The Morgan fingerprint density at radius 3 is 3.06 bits per heavy atom. The van der Waals surface area contributed by atoms with Gasteiger partial charge in [-0.2, -0.15) is 5.10 Å². The molecule has 1 aromatic carbocycles. The largest absolute Gasteiger partial charge is 0.382 e. The molecular weight excluding hydrogens is 246 g/mol. The van der Waals surface area contributed by atoms with E-state index in [0.29, 0.717) is 6.04 Å². The van der Waals surface area contributed by atoms with Crippen LogP contribution in [0.1, 0.15) is 17.7 Å². The lowest BCUT2D eigenvalue weighted by Gasteiger charge is -2.27. The van der Waals surface area contributed by atoms with Crippen molar-refractivity contribution >= 4 is 17.3 Å². The van der Waals surface area contributed by atoms with E-state index in [1.54, 1.807) is 6.20 Å². The molecule has 0 fully saturated rings. The van der Waals surface area contributed by atoms with Crippen molar-refractivity contribution in [2.24, 2.45) is 7.05 Å². The van der Waals surface area contributed by atoms with Crippen LogP contribution in [0.5, 0.6) is 0 Å². The summed E-state index contributed by atoms with van der Waals surface area (Å²) in [4.78, 5) is 0. The number of nitrogens with zero attached hydrogens (tertiary/aromatic N) is 2. The molecule has 1 aliphatic rings. The van der Waals surface area contributed by atoms with Crippen LogP contribution >= 0.6 is 11.6 Å². The van der Waals surface area contributed by atoms with Gasteiger partial charge in [-0.25, -0.2) is 0 Å². The van der Waals surface area contributed by atoms with Crippen molar-refractivity contribution in [2.45, 2.75) is 25.3 Å². The molecule has 1 aliphatic heterocycles. The number of rotatable bonds is 2. The van der Waals surface area contributed by atoms with Crippen LogP contribution in [0.3, 0.4) is 0 Å². The number of para-hydroxylation sites is 1. The lowest BCUT2D eigenvalue weighted by atomic mass is 9.95. The average Bonchev–Trinajstić information content (AvgIpc) is 2.70. The van der Waals surface area contributed by atoms with Crippen molar-refractivity contribution in [3.05, 3.63) is 46.7 Å². The van der Waals surface area contributed by atoms with Crippen molar-refractivity contribution in [3.63, 3.8) is 0 Å². The van der Waals surface area contributed by atoms with E-state index in [0.717, 1.165) is 30.0 Å². The maximum atomic E-state index is 6.15. The molecule has 0 saturated carbocycles. The Morgan fingerprint density at radius 1 is 1.44 bits per heavy atom. The summed E-state index contributed by atoms with van der Waals surface area (Å²) in [6.45, 7) is 0. The van der Waals surface area contributed by atoms with Crippen LogP contribution in [-0.4, -0.2) is 15.8 Å². The third kappa shape index (κ3) is 2.10. The Kier molecular flexibility index (Phi) is 3.00. The molecule has 0 bridgehead atoms. The normalized spacial score (nSPS) is 18.2. The SMILES string of the molecule is Cn1ncc(Cl)c1CC1CCc2ccccc2N1. The molecule has 3 rings (SSSR count). The van der Waals surface area contributed by atoms with Gasteiger partial charge in [0.2, 0.25) is 0 Å². The van der Waals surface area contributed by atoms with Gasteiger partial charge in [0.05, 0.1) is 16.9 Å². The van der Waals surface area contributed by atoms with Crippen LogP contribution in [0.25, 0.3) is 0 Å². The van der Waals surface area contributed by atoms with Crippen molar-refractivity contribution in [1.29, 1.82) is 0 Å². The fraction of sp³-hybridized carbons (Fsp3) is 0.357. The van der Waals surface area contributed by atoms with Crippen molar-refractivity contribution in [2.75, 3.05) is 5.32 Å². The van der Waals surface area contributed by atoms with E-state index in [1.807, 2.05) is 11.7 Å². The van der Waals surface area contributed by atoms with E-state index in [4.69, 9.17) is 11.6 Å². The molecule has 1 N–H and O–H groups in total. The van der Waals surface area contributed by atoms with E-state index >= 15 is 0 Å².